The Morgan fingerprint density at radius 3 is 2.85 bits per heavy atom. The first-order chi connectivity index (χ1) is 6.00. The minimum Gasteiger partial charge on any atom is -0.406 e. The van der Waals surface area contributed by atoms with Crippen LogP contribution in [0.1, 0.15) is 0 Å². The van der Waals surface area contributed by atoms with Crippen molar-refractivity contribution in [3.8, 4) is 5.75 Å². The van der Waals surface area contributed by atoms with E-state index in [2.05, 4.69) is 25.7 Å². The number of halogens is 2. The second-order valence-electron chi connectivity index (χ2n) is 2.07. The number of rotatable bonds is 1. The van der Waals surface area contributed by atoms with Crippen molar-refractivity contribution in [2.75, 3.05) is 5.73 Å². The number of nitrogens with zero attached hydrogens (tertiary/aromatic N) is 1. The molecule has 0 fully saturated rings. The highest BCUT2D eigenvalue weighted by Gasteiger charge is 2.09. The summed E-state index contributed by atoms with van der Waals surface area (Å²) in [5.74, 6) is 0.0794. The topological polar surface area (TPSA) is 91.2 Å². The van der Waals surface area contributed by atoms with Crippen LogP contribution >= 0.6 is 27.5 Å². The standard InChI is InChI=1S/C6H5BrClN3O2/c7-2-1-3(13-6(10)12)5(9)11-4(2)8/h1H,(H2,9,11)(H2,10,12). The number of primary amides is 1. The highest BCUT2D eigenvalue weighted by Crippen LogP contribution is 2.29. The largest absolute Gasteiger partial charge is 0.410 e. The van der Waals surface area contributed by atoms with Gasteiger partial charge >= 0.3 is 6.09 Å². The van der Waals surface area contributed by atoms with Gasteiger partial charge in [0.1, 0.15) is 5.15 Å². The Hall–Kier alpha value is -1.01. The number of nitrogen functional groups attached to an aromatic ring is 1. The number of pyridine rings is 1. The Kier molecular flexibility index (Phi) is 2.94. The first-order valence-electron chi connectivity index (χ1n) is 3.09. The SMILES string of the molecule is NC(=O)Oc1cc(Br)c(Cl)nc1N. The van der Waals surface area contributed by atoms with Crippen LogP contribution < -0.4 is 16.2 Å². The van der Waals surface area contributed by atoms with Gasteiger partial charge < -0.3 is 16.2 Å². The maximum absolute atomic E-state index is 10.4. The average Bonchev–Trinajstić information content (AvgIpc) is 1.99. The first kappa shape index (κ1) is 10.1. The molecule has 0 saturated carbocycles. The summed E-state index contributed by atoms with van der Waals surface area (Å²) < 4.78 is 5.02. The molecule has 0 unspecified atom stereocenters. The quantitative estimate of drug-likeness (QED) is 0.754. The predicted octanol–water partition coefficient (Wildman–Crippen LogP) is 1.54. The summed E-state index contributed by atoms with van der Waals surface area (Å²) in [5.41, 5.74) is 10.2. The summed E-state index contributed by atoms with van der Waals surface area (Å²) in [7, 11) is 0. The molecule has 0 atom stereocenters. The van der Waals surface area contributed by atoms with Crippen LogP contribution in [-0.4, -0.2) is 11.1 Å². The van der Waals surface area contributed by atoms with E-state index in [-0.39, 0.29) is 16.7 Å². The fourth-order valence-electron chi connectivity index (χ4n) is 0.653. The summed E-state index contributed by atoms with van der Waals surface area (Å²) in [6.07, 6.45) is -0.956. The molecule has 0 aromatic carbocycles. The molecule has 1 aromatic heterocycles. The van der Waals surface area contributed by atoms with Gasteiger partial charge in [-0.1, -0.05) is 11.6 Å². The van der Waals surface area contributed by atoms with Crippen LogP contribution in [0.25, 0.3) is 0 Å². The van der Waals surface area contributed by atoms with E-state index in [9.17, 15) is 4.79 Å². The van der Waals surface area contributed by atoms with Crippen molar-refractivity contribution >= 4 is 39.4 Å². The maximum Gasteiger partial charge on any atom is 0.410 e. The molecule has 1 aromatic rings. The summed E-state index contributed by atoms with van der Waals surface area (Å²) in [4.78, 5) is 14.1. The molecule has 1 heterocycles. The number of hydrogen-bond acceptors (Lipinski definition) is 4. The van der Waals surface area contributed by atoms with Gasteiger partial charge in [-0.3, -0.25) is 0 Å². The van der Waals surface area contributed by atoms with Crippen LogP contribution in [0.15, 0.2) is 10.5 Å². The van der Waals surface area contributed by atoms with E-state index >= 15 is 0 Å². The molecule has 0 spiro atoms. The van der Waals surface area contributed by atoms with Crippen LogP contribution in [0.3, 0.4) is 0 Å². The normalized spacial score (nSPS) is 9.69. The highest BCUT2D eigenvalue weighted by molar-refractivity contribution is 9.10. The fraction of sp³-hybridized carbons (Fsp3) is 0. The van der Waals surface area contributed by atoms with Crippen molar-refractivity contribution < 1.29 is 9.53 Å². The number of carbonyl (C=O) groups excluding carboxylic acids is 1. The Morgan fingerprint density at radius 2 is 2.31 bits per heavy atom. The van der Waals surface area contributed by atoms with Gasteiger partial charge in [0.25, 0.3) is 0 Å². The molecule has 13 heavy (non-hydrogen) atoms. The molecule has 0 bridgehead atoms. The van der Waals surface area contributed by atoms with Crippen molar-refractivity contribution in [2.24, 2.45) is 5.73 Å². The zero-order valence-electron chi connectivity index (χ0n) is 6.25. The zero-order chi connectivity index (χ0) is 10.0. The second kappa shape index (κ2) is 3.80. The van der Waals surface area contributed by atoms with Crippen LogP contribution in [0.2, 0.25) is 5.15 Å². The number of carbonyl (C=O) groups is 1. The molecule has 4 N–H and O–H groups in total. The van der Waals surface area contributed by atoms with Gasteiger partial charge in [-0.2, -0.15) is 0 Å². The van der Waals surface area contributed by atoms with Crippen molar-refractivity contribution in [3.63, 3.8) is 0 Å². The third kappa shape index (κ3) is 2.46. The molecule has 0 aliphatic rings. The number of nitrogens with two attached hydrogens (primary N) is 2. The van der Waals surface area contributed by atoms with Crippen LogP contribution in [0.4, 0.5) is 10.6 Å². The van der Waals surface area contributed by atoms with Gasteiger partial charge in [0, 0.05) is 6.07 Å². The van der Waals surface area contributed by atoms with E-state index in [4.69, 9.17) is 23.1 Å². The smallest absolute Gasteiger partial charge is 0.406 e. The lowest BCUT2D eigenvalue weighted by Gasteiger charge is -2.04. The number of ether oxygens (including phenoxy) is 1. The van der Waals surface area contributed by atoms with Gasteiger partial charge in [-0.25, -0.2) is 9.78 Å². The third-order valence-electron chi connectivity index (χ3n) is 1.14. The molecule has 5 nitrogen and oxygen atoms in total. The van der Waals surface area contributed by atoms with Crippen LogP contribution in [0.5, 0.6) is 5.75 Å². The minimum atomic E-state index is -0.956. The molecule has 0 aliphatic carbocycles. The zero-order valence-corrected chi connectivity index (χ0v) is 8.59. The second-order valence-corrected chi connectivity index (χ2v) is 3.28. The summed E-state index contributed by atoms with van der Waals surface area (Å²) >= 11 is 8.70. The van der Waals surface area contributed by atoms with Gasteiger partial charge in [0.15, 0.2) is 11.6 Å². The monoisotopic (exact) mass is 265 g/mol. The number of anilines is 1. The van der Waals surface area contributed by atoms with Crippen molar-refractivity contribution in [2.45, 2.75) is 0 Å². The number of hydrogen-bond donors (Lipinski definition) is 2. The molecule has 1 amide bonds. The van der Waals surface area contributed by atoms with Gasteiger partial charge in [0.2, 0.25) is 0 Å². The lowest BCUT2D eigenvalue weighted by molar-refractivity contribution is 0.211. The summed E-state index contributed by atoms with van der Waals surface area (Å²) in [6.45, 7) is 0. The van der Waals surface area contributed by atoms with Crippen LogP contribution in [0, 0.1) is 0 Å². The van der Waals surface area contributed by atoms with E-state index < -0.39 is 6.09 Å². The van der Waals surface area contributed by atoms with Crippen molar-refractivity contribution in [1.82, 2.24) is 4.98 Å². The Balaban J connectivity index is 3.08. The Morgan fingerprint density at radius 1 is 1.69 bits per heavy atom. The molecular weight excluding hydrogens is 261 g/mol. The highest BCUT2D eigenvalue weighted by atomic mass is 79.9. The Bertz CT molecular complexity index is 358. The summed E-state index contributed by atoms with van der Waals surface area (Å²) in [6, 6.07) is 1.41. The molecule has 70 valence electrons. The molecule has 0 radical (unpaired) electrons. The van der Waals surface area contributed by atoms with Gasteiger partial charge in [-0.15, -0.1) is 0 Å². The molecule has 0 saturated heterocycles. The lowest BCUT2D eigenvalue weighted by Crippen LogP contribution is -2.17. The van der Waals surface area contributed by atoms with Crippen molar-refractivity contribution in [1.29, 1.82) is 0 Å². The summed E-state index contributed by atoms with van der Waals surface area (Å²) in [5, 5.41) is 0.189. The van der Waals surface area contributed by atoms with E-state index in [0.29, 0.717) is 4.47 Å². The van der Waals surface area contributed by atoms with Crippen molar-refractivity contribution in [3.05, 3.63) is 15.7 Å². The lowest BCUT2D eigenvalue weighted by atomic mass is 10.4. The molecule has 0 aliphatic heterocycles. The minimum absolute atomic E-state index is 0.00648. The van der Waals surface area contributed by atoms with E-state index in [1.807, 2.05) is 0 Å². The van der Waals surface area contributed by atoms with Gasteiger partial charge in [-0.05, 0) is 15.9 Å². The predicted molar refractivity (Wildman–Crippen MR) is 51.6 cm³/mol. The Labute approximate surface area is 87.1 Å². The van der Waals surface area contributed by atoms with Crippen LogP contribution in [-0.2, 0) is 0 Å². The van der Waals surface area contributed by atoms with E-state index in [1.165, 1.54) is 6.07 Å². The fourth-order valence-corrected chi connectivity index (χ4v) is 1.10. The first-order valence-corrected chi connectivity index (χ1v) is 4.26. The van der Waals surface area contributed by atoms with Gasteiger partial charge in [0.05, 0.1) is 4.47 Å². The average molecular weight is 266 g/mol. The van der Waals surface area contributed by atoms with E-state index in [0.717, 1.165) is 0 Å². The van der Waals surface area contributed by atoms with E-state index in [1.54, 1.807) is 0 Å². The third-order valence-corrected chi connectivity index (χ3v) is 2.26. The maximum atomic E-state index is 10.4. The number of aromatic nitrogens is 1. The molecular formula is C6H5BrClN3O2. The molecule has 7 heteroatoms. The molecule has 1 rings (SSSR count). The number of amides is 1.